The number of nitrogens with one attached hydrogen (secondary N) is 1. The summed E-state index contributed by atoms with van der Waals surface area (Å²) in [6, 6.07) is 1.88. The quantitative estimate of drug-likeness (QED) is 0.871. The van der Waals surface area contributed by atoms with E-state index in [4.69, 9.17) is 4.74 Å². The van der Waals surface area contributed by atoms with Crippen molar-refractivity contribution in [3.05, 3.63) is 29.1 Å². The maximum absolute atomic E-state index is 11.7. The Balaban J connectivity index is 2.10. The number of ether oxygens (including phenoxy) is 1. The molecule has 0 saturated carbocycles. The zero-order valence-electron chi connectivity index (χ0n) is 11.3. The molecule has 0 atom stereocenters. The summed E-state index contributed by atoms with van der Waals surface area (Å²) in [7, 11) is 0. The highest BCUT2D eigenvalue weighted by Gasteiger charge is 2.17. The van der Waals surface area contributed by atoms with Gasteiger partial charge in [0.1, 0.15) is 5.60 Å². The molecule has 7 heteroatoms. The summed E-state index contributed by atoms with van der Waals surface area (Å²) in [5.74, 6) is 0. The van der Waals surface area contributed by atoms with Crippen LogP contribution in [0.5, 0.6) is 0 Å². The number of nitrogens with zero attached hydrogens (tertiary/aromatic N) is 2. The number of carbonyl (C=O) groups excluding carboxylic acids is 1. The first-order valence-corrected chi connectivity index (χ1v) is 7.52. The van der Waals surface area contributed by atoms with Crippen LogP contribution in [0.25, 0.3) is 10.4 Å². The second-order valence-electron chi connectivity index (χ2n) is 5.01. The second kappa shape index (κ2) is 5.88. The van der Waals surface area contributed by atoms with Crippen LogP contribution in [-0.2, 0) is 4.74 Å². The van der Waals surface area contributed by atoms with E-state index in [9.17, 15) is 4.79 Å². The number of hydrogen-bond acceptors (Lipinski definition) is 5. The third-order valence-corrected chi connectivity index (χ3v) is 3.73. The maximum Gasteiger partial charge on any atom is 0.413 e. The molecule has 1 amide bonds. The second-order valence-corrected chi connectivity index (χ2v) is 6.90. The first-order valence-electron chi connectivity index (χ1n) is 5.91. The van der Waals surface area contributed by atoms with E-state index in [2.05, 4.69) is 31.2 Å². The van der Waals surface area contributed by atoms with Crippen LogP contribution >= 0.6 is 27.3 Å². The van der Waals surface area contributed by atoms with Crippen molar-refractivity contribution in [2.45, 2.75) is 26.4 Å². The number of amides is 1. The van der Waals surface area contributed by atoms with Crippen molar-refractivity contribution in [2.24, 2.45) is 0 Å². The number of rotatable bonds is 2. The van der Waals surface area contributed by atoms with Crippen LogP contribution in [0.15, 0.2) is 29.1 Å². The third kappa shape index (κ3) is 4.01. The molecule has 0 aromatic carbocycles. The summed E-state index contributed by atoms with van der Waals surface area (Å²) in [5.41, 5.74) is 0.452. The highest BCUT2D eigenvalue weighted by molar-refractivity contribution is 9.10. The zero-order valence-corrected chi connectivity index (χ0v) is 13.7. The Morgan fingerprint density at radius 2 is 2.15 bits per heavy atom. The van der Waals surface area contributed by atoms with Gasteiger partial charge in [0.25, 0.3) is 0 Å². The molecule has 20 heavy (non-hydrogen) atoms. The number of carbonyl (C=O) groups is 1. The molecular weight excluding hydrogens is 342 g/mol. The van der Waals surface area contributed by atoms with E-state index in [1.807, 2.05) is 26.8 Å². The maximum atomic E-state index is 11.7. The number of halogens is 1. The minimum absolute atomic E-state index is 0.498. The van der Waals surface area contributed by atoms with Crippen molar-refractivity contribution in [1.29, 1.82) is 0 Å². The molecule has 2 aromatic heterocycles. The molecule has 0 fully saturated rings. The van der Waals surface area contributed by atoms with Gasteiger partial charge in [-0.15, -0.1) is 0 Å². The lowest BCUT2D eigenvalue weighted by molar-refractivity contribution is 0.0636. The molecule has 0 radical (unpaired) electrons. The van der Waals surface area contributed by atoms with Crippen molar-refractivity contribution in [3.8, 4) is 10.4 Å². The van der Waals surface area contributed by atoms with E-state index < -0.39 is 11.7 Å². The summed E-state index contributed by atoms with van der Waals surface area (Å²) in [6.45, 7) is 5.44. The van der Waals surface area contributed by atoms with Crippen molar-refractivity contribution >= 4 is 38.5 Å². The molecular formula is C13H14BrN3O2S. The monoisotopic (exact) mass is 355 g/mol. The predicted octanol–water partition coefficient (Wildman–Crippen LogP) is 4.31. The smallest absolute Gasteiger partial charge is 0.413 e. The average molecular weight is 356 g/mol. The molecule has 0 bridgehead atoms. The van der Waals surface area contributed by atoms with Gasteiger partial charge in [0.2, 0.25) is 0 Å². The molecule has 0 aliphatic rings. The first-order chi connectivity index (χ1) is 9.35. The Morgan fingerprint density at radius 3 is 2.80 bits per heavy atom. The Morgan fingerprint density at radius 1 is 1.40 bits per heavy atom. The van der Waals surface area contributed by atoms with E-state index in [0.29, 0.717) is 5.13 Å². The fraction of sp³-hybridized carbons (Fsp3) is 0.308. The molecule has 0 saturated heterocycles. The van der Waals surface area contributed by atoms with Crippen LogP contribution in [0.2, 0.25) is 0 Å². The number of aromatic nitrogens is 2. The highest BCUT2D eigenvalue weighted by atomic mass is 79.9. The first kappa shape index (κ1) is 14.9. The van der Waals surface area contributed by atoms with E-state index in [-0.39, 0.29) is 0 Å². The average Bonchev–Trinajstić information content (AvgIpc) is 2.75. The summed E-state index contributed by atoms with van der Waals surface area (Å²) in [5, 5.41) is 3.12. The van der Waals surface area contributed by atoms with Crippen LogP contribution < -0.4 is 5.32 Å². The lowest BCUT2D eigenvalue weighted by Crippen LogP contribution is -2.27. The van der Waals surface area contributed by atoms with Crippen LogP contribution in [-0.4, -0.2) is 21.7 Å². The molecule has 2 aromatic rings. The molecule has 0 unspecified atom stereocenters. The van der Waals surface area contributed by atoms with E-state index in [0.717, 1.165) is 14.9 Å². The Labute approximate surface area is 129 Å². The van der Waals surface area contributed by atoms with Gasteiger partial charge in [-0.2, -0.15) is 0 Å². The molecule has 1 N–H and O–H groups in total. The number of thiazole rings is 1. The van der Waals surface area contributed by atoms with Gasteiger partial charge in [-0.3, -0.25) is 10.3 Å². The van der Waals surface area contributed by atoms with Gasteiger partial charge >= 0.3 is 6.09 Å². The number of hydrogen-bond donors (Lipinski definition) is 1. The standard InChI is InChI=1S/C13H14BrN3O2S/c1-13(2,3)19-12(18)17-11-16-7-10(20-11)8-4-5-15-6-9(8)14/h4-7H,1-3H3,(H,16,17,18). The topological polar surface area (TPSA) is 64.1 Å². The fourth-order valence-corrected chi connectivity index (χ4v) is 2.86. The molecule has 5 nitrogen and oxygen atoms in total. The predicted molar refractivity (Wildman–Crippen MR) is 82.9 cm³/mol. The molecule has 0 spiro atoms. The third-order valence-electron chi connectivity index (χ3n) is 2.15. The summed E-state index contributed by atoms with van der Waals surface area (Å²) < 4.78 is 6.06. The molecule has 2 heterocycles. The Kier molecular flexibility index (Phi) is 4.39. The molecule has 0 aliphatic carbocycles. The van der Waals surface area contributed by atoms with Gasteiger partial charge in [0.05, 0.1) is 4.88 Å². The number of pyridine rings is 1. The van der Waals surface area contributed by atoms with Crippen LogP contribution in [0.1, 0.15) is 20.8 Å². The normalized spacial score (nSPS) is 11.2. The van der Waals surface area contributed by atoms with E-state index in [1.54, 1.807) is 18.6 Å². The van der Waals surface area contributed by atoms with Crippen molar-refractivity contribution in [1.82, 2.24) is 9.97 Å². The van der Waals surface area contributed by atoms with E-state index >= 15 is 0 Å². The summed E-state index contributed by atoms with van der Waals surface area (Å²) in [6.07, 6.45) is 4.63. The Hall–Kier alpha value is -1.47. The fourth-order valence-electron chi connectivity index (χ4n) is 1.42. The van der Waals surface area contributed by atoms with Crippen molar-refractivity contribution < 1.29 is 9.53 Å². The van der Waals surface area contributed by atoms with Crippen molar-refractivity contribution in [2.75, 3.05) is 5.32 Å². The van der Waals surface area contributed by atoms with Gasteiger partial charge in [-0.25, -0.2) is 9.78 Å². The lowest BCUT2D eigenvalue weighted by Gasteiger charge is -2.18. The largest absolute Gasteiger partial charge is 0.444 e. The SMILES string of the molecule is CC(C)(C)OC(=O)Nc1ncc(-c2ccncc2Br)s1. The molecule has 2 rings (SSSR count). The molecule has 0 aliphatic heterocycles. The summed E-state index contributed by atoms with van der Waals surface area (Å²) in [4.78, 5) is 20.8. The summed E-state index contributed by atoms with van der Waals surface area (Å²) >= 11 is 4.81. The van der Waals surface area contributed by atoms with Crippen LogP contribution in [0, 0.1) is 0 Å². The van der Waals surface area contributed by atoms with Crippen LogP contribution in [0.3, 0.4) is 0 Å². The lowest BCUT2D eigenvalue weighted by atomic mass is 10.2. The van der Waals surface area contributed by atoms with Crippen molar-refractivity contribution in [3.63, 3.8) is 0 Å². The van der Waals surface area contributed by atoms with Gasteiger partial charge in [0, 0.05) is 28.6 Å². The molecule has 106 valence electrons. The van der Waals surface area contributed by atoms with Gasteiger partial charge in [0.15, 0.2) is 5.13 Å². The highest BCUT2D eigenvalue weighted by Crippen LogP contribution is 2.33. The van der Waals surface area contributed by atoms with Gasteiger partial charge in [-0.05, 0) is 42.8 Å². The van der Waals surface area contributed by atoms with Crippen LogP contribution in [0.4, 0.5) is 9.93 Å². The minimum Gasteiger partial charge on any atom is -0.444 e. The Bertz CT molecular complexity index is 622. The zero-order chi connectivity index (χ0) is 14.8. The number of anilines is 1. The van der Waals surface area contributed by atoms with Gasteiger partial charge in [-0.1, -0.05) is 11.3 Å². The minimum atomic E-state index is -0.529. The van der Waals surface area contributed by atoms with E-state index in [1.165, 1.54) is 11.3 Å². The van der Waals surface area contributed by atoms with Gasteiger partial charge < -0.3 is 4.74 Å².